The summed E-state index contributed by atoms with van der Waals surface area (Å²) in [5.41, 5.74) is 30.7. The van der Waals surface area contributed by atoms with Gasteiger partial charge in [-0.25, -0.2) is 0 Å². The zero-order valence-corrected chi connectivity index (χ0v) is 67.5. The Morgan fingerprint density at radius 2 is 0.504 bits per heavy atom. The van der Waals surface area contributed by atoms with Crippen LogP contribution < -0.4 is 0 Å². The van der Waals surface area contributed by atoms with Crippen molar-refractivity contribution in [3.8, 4) is 55.6 Å². The molecule has 558 valence electrons. The van der Waals surface area contributed by atoms with Crippen LogP contribution in [0.1, 0.15) is 86.2 Å². The number of aryl methyl sites for hydroxylation is 7. The first kappa shape index (κ1) is 76.8. The first-order valence-electron chi connectivity index (χ1n) is 40.3. The Balaban J connectivity index is 0.000000107. The molecule has 0 heterocycles. The van der Waals surface area contributed by atoms with Crippen LogP contribution >= 0.6 is 0 Å². The highest BCUT2D eigenvalue weighted by Gasteiger charge is 2.46. The van der Waals surface area contributed by atoms with Gasteiger partial charge in [0.25, 0.3) is 0 Å². The second kappa shape index (κ2) is 35.0. The van der Waals surface area contributed by atoms with E-state index in [0.717, 1.165) is 0 Å². The van der Waals surface area contributed by atoms with Gasteiger partial charge in [-0.2, -0.15) is 0 Å². The fraction of sp³-hybridized carbons (Fsp3) is 0.0957. The molecule has 21 rings (SSSR count). The molecule has 0 aliphatic heterocycles. The number of rotatable bonds is 5. The molecule has 0 aromatic heterocycles. The molecular formula is C115H98. The zero-order valence-electron chi connectivity index (χ0n) is 67.5. The molecule has 0 saturated heterocycles. The predicted molar refractivity (Wildman–Crippen MR) is 497 cm³/mol. The number of benzene rings is 19. The summed E-state index contributed by atoms with van der Waals surface area (Å²) < 4.78 is 0. The second-order valence-electron chi connectivity index (χ2n) is 31.1. The van der Waals surface area contributed by atoms with Gasteiger partial charge >= 0.3 is 0 Å². The number of hydrogen-bond acceptors (Lipinski definition) is 0. The van der Waals surface area contributed by atoms with E-state index < -0.39 is 0 Å². The van der Waals surface area contributed by atoms with Crippen molar-refractivity contribution in [2.24, 2.45) is 0 Å². The van der Waals surface area contributed by atoms with Crippen molar-refractivity contribution >= 4 is 53.9 Å². The Kier molecular flexibility index (Phi) is 23.4. The molecule has 0 atom stereocenters. The highest BCUT2D eigenvalue weighted by Crippen LogP contribution is 2.56. The summed E-state index contributed by atoms with van der Waals surface area (Å²) in [6.07, 6.45) is 0. The fourth-order valence-electron chi connectivity index (χ4n) is 16.9. The van der Waals surface area contributed by atoms with Gasteiger partial charge in [-0.1, -0.05) is 461 Å². The Morgan fingerprint density at radius 1 is 0.165 bits per heavy atom. The maximum atomic E-state index is 2.37. The molecule has 0 fully saturated rings. The number of hydrogen-bond donors (Lipinski definition) is 0. The van der Waals surface area contributed by atoms with Crippen LogP contribution in [0, 0.1) is 48.5 Å². The van der Waals surface area contributed by atoms with Gasteiger partial charge in [-0.15, -0.1) is 0 Å². The molecule has 0 saturated carbocycles. The molecule has 0 bridgehead atoms. The largest absolute Gasteiger partial charge is 0.0713 e. The smallest absolute Gasteiger partial charge is 0.0622 e. The van der Waals surface area contributed by atoms with Crippen LogP contribution in [0.25, 0.3) is 109 Å². The lowest BCUT2D eigenvalue weighted by molar-refractivity contribution is 0.660. The van der Waals surface area contributed by atoms with Crippen LogP contribution in [0.15, 0.2) is 431 Å². The summed E-state index contributed by atoms with van der Waals surface area (Å²) >= 11 is 0. The monoisotopic (exact) mass is 1480 g/mol. The lowest BCUT2D eigenvalue weighted by atomic mass is 9.67. The van der Waals surface area contributed by atoms with Crippen molar-refractivity contribution in [2.45, 2.75) is 73.1 Å². The minimum atomic E-state index is -0.263. The van der Waals surface area contributed by atoms with Gasteiger partial charge < -0.3 is 0 Å². The molecule has 0 heteroatoms. The summed E-state index contributed by atoms with van der Waals surface area (Å²) in [6.45, 7) is 19.7. The van der Waals surface area contributed by atoms with Gasteiger partial charge in [0, 0.05) is 5.41 Å². The van der Waals surface area contributed by atoms with E-state index >= 15 is 0 Å². The SMILES string of the molecule is Cc1ccc(-c2ccccc2)c2ccccc12.Cc1ccc2c(c1)C(C)(C)c1ccccc1-2.Cc1ccc2c(c1)C(c1ccccc1)(c1ccccc1)c1ccccc1-2.Cc1ccc2ccc(-c3ccccc3)cc2c1.Cc1ccc2ccccc2c1.Cc1cccc2c(-c3ccccc3)cccc12.Cc1cccc2ccccc12. The Hall–Kier alpha value is -13.5. The molecule has 0 spiro atoms. The molecule has 0 amide bonds. The Bertz CT molecular complexity index is 6420. The average Bonchev–Trinajstić information content (AvgIpc) is 1.55. The molecule has 0 unspecified atom stereocenters. The van der Waals surface area contributed by atoms with E-state index in [9.17, 15) is 0 Å². The molecule has 0 radical (unpaired) electrons. The highest BCUT2D eigenvalue weighted by molar-refractivity contribution is 6.00. The first-order valence-corrected chi connectivity index (χ1v) is 40.3. The lowest BCUT2D eigenvalue weighted by Gasteiger charge is -2.34. The predicted octanol–water partition coefficient (Wildman–Crippen LogP) is 31.4. The third-order valence-corrected chi connectivity index (χ3v) is 22.8. The van der Waals surface area contributed by atoms with E-state index in [2.05, 4.69) is 493 Å². The van der Waals surface area contributed by atoms with Crippen molar-refractivity contribution in [2.75, 3.05) is 0 Å². The summed E-state index contributed by atoms with van der Waals surface area (Å²) in [5, 5.41) is 13.3. The van der Waals surface area contributed by atoms with Crippen LogP contribution in [0.4, 0.5) is 0 Å². The molecule has 19 aromatic carbocycles. The topological polar surface area (TPSA) is 0 Å². The maximum Gasteiger partial charge on any atom is 0.0713 e. The summed E-state index contributed by atoms with van der Waals surface area (Å²) in [5.74, 6) is 0. The Labute approximate surface area is 681 Å². The Morgan fingerprint density at radius 3 is 1.10 bits per heavy atom. The van der Waals surface area contributed by atoms with E-state index in [1.807, 2.05) is 0 Å². The van der Waals surface area contributed by atoms with Crippen molar-refractivity contribution < 1.29 is 0 Å². The minimum absolute atomic E-state index is 0.151. The summed E-state index contributed by atoms with van der Waals surface area (Å²) in [7, 11) is 0. The fourth-order valence-corrected chi connectivity index (χ4v) is 16.9. The summed E-state index contributed by atoms with van der Waals surface area (Å²) in [4.78, 5) is 0. The van der Waals surface area contributed by atoms with Crippen LogP contribution in [-0.4, -0.2) is 0 Å². The quantitative estimate of drug-likeness (QED) is 0.161. The van der Waals surface area contributed by atoms with Crippen LogP contribution in [0.3, 0.4) is 0 Å². The molecule has 19 aromatic rings. The van der Waals surface area contributed by atoms with Crippen molar-refractivity contribution in [3.63, 3.8) is 0 Å². The third-order valence-electron chi connectivity index (χ3n) is 22.8. The van der Waals surface area contributed by atoms with E-state index in [-0.39, 0.29) is 10.8 Å². The normalized spacial score (nSPS) is 12.0. The average molecular weight is 1480 g/mol. The molecular weight excluding hydrogens is 1380 g/mol. The van der Waals surface area contributed by atoms with Gasteiger partial charge in [0.2, 0.25) is 0 Å². The molecule has 2 aliphatic rings. The van der Waals surface area contributed by atoms with Gasteiger partial charge in [0.05, 0.1) is 5.41 Å². The highest BCUT2D eigenvalue weighted by atomic mass is 14.5. The zero-order chi connectivity index (χ0) is 79.3. The van der Waals surface area contributed by atoms with E-state index in [1.54, 1.807) is 0 Å². The van der Waals surface area contributed by atoms with E-state index in [0.29, 0.717) is 0 Å². The van der Waals surface area contributed by atoms with Crippen LogP contribution in [0.5, 0.6) is 0 Å². The van der Waals surface area contributed by atoms with Gasteiger partial charge in [0.1, 0.15) is 0 Å². The molecule has 115 heavy (non-hydrogen) atoms. The molecule has 0 N–H and O–H groups in total. The lowest BCUT2D eigenvalue weighted by Crippen LogP contribution is -2.28. The first-order chi connectivity index (χ1) is 56.2. The minimum Gasteiger partial charge on any atom is -0.0622 e. The molecule has 0 nitrogen and oxygen atoms in total. The van der Waals surface area contributed by atoms with E-state index in [1.165, 1.54) is 182 Å². The van der Waals surface area contributed by atoms with Gasteiger partial charge in [-0.05, 0) is 214 Å². The van der Waals surface area contributed by atoms with Crippen molar-refractivity contribution in [1.82, 2.24) is 0 Å². The standard InChI is InChI=1S/C26H20.3C17H14.C16H16.2C11H10/c1-19-16-17-23-22-14-8-9-15-24(22)26(25(23)18-19,20-10-4-2-5-11-20)21-12-6-3-7-13-21;1-13-7-5-12-17-15(13)10-6-11-16(17)14-8-3-2-4-9-14;1-13-11-12-16(14-7-3-2-4-8-14)17-10-6-5-9-15(13)17;1-13-7-8-15-9-10-16(12-17(15)11-13)14-5-3-2-4-6-14;1-11-8-9-13-12-6-4-5-7-14(12)16(2,3)15(13)10-11;1-9-5-4-7-10-6-2-3-8-11(9)10;1-9-6-7-10-4-2-3-5-11(10)8-9/h2-18H,1H3;3*2-12H,1H3;4-10H,1-3H3;2*2-8H,1H3. The van der Waals surface area contributed by atoms with Crippen molar-refractivity contribution in [1.29, 1.82) is 0 Å². The van der Waals surface area contributed by atoms with Crippen molar-refractivity contribution in [3.05, 3.63) is 503 Å². The van der Waals surface area contributed by atoms with Crippen LogP contribution in [-0.2, 0) is 10.8 Å². The van der Waals surface area contributed by atoms with Gasteiger partial charge in [-0.3, -0.25) is 0 Å². The van der Waals surface area contributed by atoms with Crippen LogP contribution in [0.2, 0.25) is 0 Å². The summed E-state index contributed by atoms with van der Waals surface area (Å²) in [6, 6.07) is 154. The van der Waals surface area contributed by atoms with Gasteiger partial charge in [0.15, 0.2) is 0 Å². The molecule has 2 aliphatic carbocycles. The third kappa shape index (κ3) is 16.7. The maximum absolute atomic E-state index is 2.37. The number of fused-ring (bicyclic) bond motifs is 11. The second-order valence-corrected chi connectivity index (χ2v) is 31.1. The van der Waals surface area contributed by atoms with E-state index in [4.69, 9.17) is 0 Å².